The van der Waals surface area contributed by atoms with Gasteiger partial charge in [-0.2, -0.15) is 0 Å². The molecule has 0 amide bonds. The van der Waals surface area contributed by atoms with Gasteiger partial charge in [0.05, 0.1) is 4.92 Å². The lowest BCUT2D eigenvalue weighted by atomic mass is 10.1. The van der Waals surface area contributed by atoms with Crippen molar-refractivity contribution in [2.45, 2.75) is 0 Å². The van der Waals surface area contributed by atoms with Gasteiger partial charge in [0, 0.05) is 22.2 Å². The molecule has 0 aromatic heterocycles. The first-order valence-electron chi connectivity index (χ1n) is 7.38. The molecule has 0 unspecified atom stereocenters. The Balaban J connectivity index is 1.70. The fraction of sp³-hybridized carbons (Fsp3) is 0.0588. The Bertz CT molecular complexity index is 1010. The summed E-state index contributed by atoms with van der Waals surface area (Å²) in [7, 11) is 0. The van der Waals surface area contributed by atoms with Crippen molar-refractivity contribution in [3.8, 4) is 11.5 Å². The second-order valence-corrected chi connectivity index (χ2v) is 6.22. The Hall–Kier alpha value is -3.20. The van der Waals surface area contributed by atoms with Crippen LogP contribution in [0.25, 0.3) is 6.08 Å². The van der Waals surface area contributed by atoms with Crippen molar-refractivity contribution in [1.82, 2.24) is 0 Å². The average Bonchev–Trinajstić information content (AvgIpc) is 3.22. The minimum Gasteiger partial charge on any atom is -0.454 e. The molecule has 4 rings (SSSR count). The zero-order valence-corrected chi connectivity index (χ0v) is 14.6. The molecule has 130 valence electrons. The van der Waals surface area contributed by atoms with Crippen molar-refractivity contribution in [1.29, 1.82) is 0 Å². The molecule has 0 aliphatic carbocycles. The highest BCUT2D eigenvalue weighted by molar-refractivity contribution is 9.10. The SMILES string of the molecule is O=C1OC(c2cccc([N+](=O)[O-])c2)=N/C1=C\c1cc2c(cc1Br)OCO2. The predicted octanol–water partition coefficient (Wildman–Crippen LogP) is 3.43. The van der Waals surface area contributed by atoms with Crippen LogP contribution >= 0.6 is 15.9 Å². The van der Waals surface area contributed by atoms with Crippen molar-refractivity contribution in [3.05, 3.63) is 67.8 Å². The summed E-state index contributed by atoms with van der Waals surface area (Å²) in [5.41, 5.74) is 0.967. The monoisotopic (exact) mass is 416 g/mol. The molecule has 0 spiro atoms. The van der Waals surface area contributed by atoms with Crippen LogP contribution in [0.2, 0.25) is 0 Å². The first-order valence-corrected chi connectivity index (χ1v) is 8.17. The molecule has 0 N–H and O–H groups in total. The van der Waals surface area contributed by atoms with Crippen LogP contribution in [-0.2, 0) is 9.53 Å². The van der Waals surface area contributed by atoms with Crippen LogP contribution in [0.1, 0.15) is 11.1 Å². The lowest BCUT2D eigenvalue weighted by Crippen LogP contribution is -2.05. The highest BCUT2D eigenvalue weighted by Crippen LogP contribution is 2.38. The summed E-state index contributed by atoms with van der Waals surface area (Å²) in [6, 6.07) is 9.18. The topological polar surface area (TPSA) is 100 Å². The number of rotatable bonds is 3. The molecule has 2 aliphatic heterocycles. The summed E-state index contributed by atoms with van der Waals surface area (Å²) in [6.07, 6.45) is 1.54. The maximum atomic E-state index is 12.1. The molecule has 26 heavy (non-hydrogen) atoms. The normalized spacial score (nSPS) is 16.6. The van der Waals surface area contributed by atoms with Gasteiger partial charge in [-0.1, -0.05) is 22.0 Å². The number of benzene rings is 2. The summed E-state index contributed by atoms with van der Waals surface area (Å²) in [6.45, 7) is 0.138. The van der Waals surface area contributed by atoms with E-state index in [-0.39, 0.29) is 24.1 Å². The van der Waals surface area contributed by atoms with E-state index in [9.17, 15) is 14.9 Å². The third kappa shape index (κ3) is 2.93. The number of carbonyl (C=O) groups is 1. The maximum Gasteiger partial charge on any atom is 0.363 e. The molecule has 2 heterocycles. The van der Waals surface area contributed by atoms with Crippen LogP contribution in [0.15, 0.2) is 51.6 Å². The number of nitro groups is 1. The van der Waals surface area contributed by atoms with E-state index < -0.39 is 10.9 Å². The number of cyclic esters (lactones) is 1. The Morgan fingerprint density at radius 1 is 1.19 bits per heavy atom. The van der Waals surface area contributed by atoms with E-state index in [0.29, 0.717) is 27.1 Å². The Morgan fingerprint density at radius 3 is 2.73 bits per heavy atom. The Morgan fingerprint density at radius 2 is 1.96 bits per heavy atom. The summed E-state index contributed by atoms with van der Waals surface area (Å²) in [5, 5.41) is 10.9. The van der Waals surface area contributed by atoms with E-state index in [0.717, 1.165) is 0 Å². The second-order valence-electron chi connectivity index (χ2n) is 5.37. The fourth-order valence-corrected chi connectivity index (χ4v) is 2.91. The molecule has 0 saturated carbocycles. The number of aliphatic imine (C=N–C) groups is 1. The lowest BCUT2D eigenvalue weighted by molar-refractivity contribution is -0.384. The van der Waals surface area contributed by atoms with Gasteiger partial charge < -0.3 is 14.2 Å². The first kappa shape index (κ1) is 16.3. The number of non-ortho nitro benzene ring substituents is 1. The fourth-order valence-electron chi connectivity index (χ4n) is 2.48. The molecular weight excluding hydrogens is 408 g/mol. The van der Waals surface area contributed by atoms with Crippen molar-refractivity contribution in [3.63, 3.8) is 0 Å². The highest BCUT2D eigenvalue weighted by atomic mass is 79.9. The molecule has 0 radical (unpaired) electrons. The number of nitro benzene ring substituents is 1. The van der Waals surface area contributed by atoms with Crippen LogP contribution in [-0.4, -0.2) is 23.6 Å². The lowest BCUT2D eigenvalue weighted by Gasteiger charge is -2.02. The van der Waals surface area contributed by atoms with Crippen molar-refractivity contribution in [2.75, 3.05) is 6.79 Å². The van der Waals surface area contributed by atoms with Crippen LogP contribution < -0.4 is 9.47 Å². The van der Waals surface area contributed by atoms with Gasteiger partial charge in [0.25, 0.3) is 5.69 Å². The summed E-state index contributed by atoms with van der Waals surface area (Å²) < 4.78 is 16.5. The van der Waals surface area contributed by atoms with Crippen LogP contribution in [0, 0.1) is 10.1 Å². The first-order chi connectivity index (χ1) is 12.5. The molecule has 0 bridgehead atoms. The van der Waals surface area contributed by atoms with Gasteiger partial charge in [0.15, 0.2) is 17.2 Å². The highest BCUT2D eigenvalue weighted by Gasteiger charge is 2.26. The quantitative estimate of drug-likeness (QED) is 0.328. The van der Waals surface area contributed by atoms with Gasteiger partial charge in [-0.25, -0.2) is 9.79 Å². The van der Waals surface area contributed by atoms with Crippen molar-refractivity contribution in [2.24, 2.45) is 4.99 Å². The summed E-state index contributed by atoms with van der Waals surface area (Å²) >= 11 is 3.41. The standard InChI is InChI=1S/C17H9BrN2O6/c18-12-7-15-14(24-8-25-15)6-10(12)5-13-17(21)26-16(19-13)9-2-1-3-11(4-9)20(22)23/h1-7H,8H2/b13-5-. The van der Waals surface area contributed by atoms with Gasteiger partial charge in [0.1, 0.15) is 0 Å². The van der Waals surface area contributed by atoms with E-state index in [2.05, 4.69) is 20.9 Å². The molecule has 2 aliphatic rings. The van der Waals surface area contributed by atoms with Gasteiger partial charge in [-0.05, 0) is 29.8 Å². The van der Waals surface area contributed by atoms with Gasteiger partial charge in [-0.15, -0.1) is 0 Å². The minimum atomic E-state index is -0.643. The Kier molecular flexibility index (Phi) is 3.92. The predicted molar refractivity (Wildman–Crippen MR) is 94.0 cm³/mol. The molecular formula is C17H9BrN2O6. The smallest absolute Gasteiger partial charge is 0.363 e. The minimum absolute atomic E-state index is 0.0156. The van der Waals surface area contributed by atoms with E-state index in [1.807, 2.05) is 0 Å². The molecule has 0 fully saturated rings. The van der Waals surface area contributed by atoms with Crippen molar-refractivity contribution >= 4 is 39.6 Å². The van der Waals surface area contributed by atoms with Crippen LogP contribution in [0.3, 0.4) is 0 Å². The van der Waals surface area contributed by atoms with E-state index in [1.165, 1.54) is 18.2 Å². The third-order valence-electron chi connectivity index (χ3n) is 3.71. The molecule has 0 saturated heterocycles. The number of nitrogens with zero attached hydrogens (tertiary/aromatic N) is 2. The zero-order chi connectivity index (χ0) is 18.3. The third-order valence-corrected chi connectivity index (χ3v) is 4.40. The molecule has 8 nitrogen and oxygen atoms in total. The van der Waals surface area contributed by atoms with Crippen molar-refractivity contribution < 1.29 is 23.9 Å². The summed E-state index contributed by atoms with van der Waals surface area (Å²) in [5.74, 6) is 0.543. The number of esters is 1. The number of halogens is 1. The molecule has 9 heteroatoms. The maximum absolute atomic E-state index is 12.1. The molecule has 2 aromatic rings. The number of fused-ring (bicyclic) bond motifs is 1. The van der Waals surface area contributed by atoms with E-state index >= 15 is 0 Å². The van der Waals surface area contributed by atoms with Gasteiger partial charge in [-0.3, -0.25) is 10.1 Å². The molecule has 0 atom stereocenters. The Labute approximate surface area is 155 Å². The van der Waals surface area contributed by atoms with Gasteiger partial charge in [0.2, 0.25) is 12.7 Å². The number of ether oxygens (including phenoxy) is 3. The van der Waals surface area contributed by atoms with Crippen LogP contribution in [0.5, 0.6) is 11.5 Å². The van der Waals surface area contributed by atoms with E-state index in [1.54, 1.807) is 24.3 Å². The average molecular weight is 417 g/mol. The number of hydrogen-bond acceptors (Lipinski definition) is 7. The zero-order valence-electron chi connectivity index (χ0n) is 13.0. The molecule has 2 aromatic carbocycles. The van der Waals surface area contributed by atoms with Crippen LogP contribution in [0.4, 0.5) is 5.69 Å². The largest absolute Gasteiger partial charge is 0.454 e. The number of carbonyl (C=O) groups excluding carboxylic acids is 1. The number of hydrogen-bond donors (Lipinski definition) is 0. The second kappa shape index (κ2) is 6.26. The summed E-state index contributed by atoms with van der Waals surface area (Å²) in [4.78, 5) is 26.6. The van der Waals surface area contributed by atoms with E-state index in [4.69, 9.17) is 14.2 Å². The van der Waals surface area contributed by atoms with Gasteiger partial charge >= 0.3 is 5.97 Å².